The Hall–Kier alpha value is -5.15. The van der Waals surface area contributed by atoms with Crippen LogP contribution in [0.1, 0.15) is 18.7 Å². The molecule has 9 heterocycles. The van der Waals surface area contributed by atoms with Crippen LogP contribution in [0.25, 0.3) is 33.5 Å². The van der Waals surface area contributed by atoms with Gasteiger partial charge in [-0.15, -0.1) is 0 Å². The molecule has 422 valence electrons. The van der Waals surface area contributed by atoms with Gasteiger partial charge < -0.3 is 75.4 Å². The molecule has 14 N–H and O–H groups in total. The number of nitrogens with one attached hydrogen (secondary N) is 2. The van der Waals surface area contributed by atoms with Gasteiger partial charge >= 0.3 is 36.9 Å². The van der Waals surface area contributed by atoms with Crippen molar-refractivity contribution in [1.29, 1.82) is 0 Å². The van der Waals surface area contributed by atoms with Crippen LogP contribution in [0.4, 0.5) is 17.7 Å². The molecule has 43 heteroatoms. The molecule has 3 saturated heterocycles. The van der Waals surface area contributed by atoms with E-state index >= 15 is 0 Å². The zero-order valence-electron chi connectivity index (χ0n) is 39.9. The summed E-state index contributed by atoms with van der Waals surface area (Å²) in [5.74, 6) is -0.617. The van der Waals surface area contributed by atoms with Crippen molar-refractivity contribution in [1.82, 2.24) is 53.6 Å². The molecule has 0 spiro atoms. The molecule has 3 fully saturated rings. The fourth-order valence-electron chi connectivity index (χ4n) is 8.79. The third-order valence-corrected chi connectivity index (χ3v) is 17.3. The van der Waals surface area contributed by atoms with E-state index in [1.165, 1.54) is 41.3 Å². The van der Waals surface area contributed by atoms with E-state index in [0.717, 1.165) is 30.7 Å². The lowest BCUT2D eigenvalue weighted by atomic mass is 10.1. The fraction of sp³-hybridized carbons (Fsp3) is 0.559. The number of aliphatic hydroxyl groups excluding tert-OH is 2. The Morgan fingerprint density at radius 1 is 0.649 bits per heavy atom. The minimum absolute atomic E-state index is 0.0205. The van der Waals surface area contributed by atoms with E-state index in [9.17, 15) is 57.6 Å². The predicted molar refractivity (Wildman–Crippen MR) is 249 cm³/mol. The monoisotopic (exact) mass is 1170 g/mol. The zero-order chi connectivity index (χ0) is 55.7. The van der Waals surface area contributed by atoms with Gasteiger partial charge in [-0.3, -0.25) is 51.4 Å². The van der Waals surface area contributed by atoms with Gasteiger partial charge in [-0.05, 0) is 0 Å². The van der Waals surface area contributed by atoms with Crippen LogP contribution >= 0.6 is 31.3 Å². The molecule has 6 aromatic heterocycles. The highest BCUT2D eigenvalue weighted by atomic mass is 31.3. The van der Waals surface area contributed by atoms with Gasteiger partial charge in [0, 0.05) is 21.3 Å². The first-order valence-electron chi connectivity index (χ1n) is 21.9. The number of aliphatic hydroxyl groups is 2. The molecule has 3 aliphatic rings. The fourth-order valence-corrected chi connectivity index (χ4v) is 13.3. The number of imidazole rings is 3. The lowest BCUT2D eigenvalue weighted by molar-refractivity contribution is -0.746. The molecule has 39 nitrogen and oxygen atoms in total. The maximum absolute atomic E-state index is 13.7. The van der Waals surface area contributed by atoms with E-state index in [2.05, 4.69) is 48.5 Å². The Balaban J connectivity index is 0.870. The van der Waals surface area contributed by atoms with Crippen LogP contribution in [0.15, 0.2) is 34.9 Å². The van der Waals surface area contributed by atoms with Crippen molar-refractivity contribution < 1.29 is 108 Å². The van der Waals surface area contributed by atoms with Crippen molar-refractivity contribution in [2.75, 3.05) is 58.4 Å². The quantitative estimate of drug-likeness (QED) is 0.0247. The molecule has 3 aliphatic heterocycles. The topological polar surface area (TPSA) is 540 Å². The summed E-state index contributed by atoms with van der Waals surface area (Å²) in [7, 11) is -18.1. The number of hydrogen-bond donors (Lipinski definition) is 11. The van der Waals surface area contributed by atoms with Gasteiger partial charge in [0.15, 0.2) is 41.4 Å². The highest BCUT2D eigenvalue weighted by Gasteiger charge is 2.54. The number of aromatic amines is 2. The minimum Gasteiger partial charge on any atom is -0.387 e. The van der Waals surface area contributed by atoms with Crippen LogP contribution in [0.3, 0.4) is 0 Å². The molecule has 9 rings (SSSR count). The number of rotatable bonds is 21. The molecular formula is C34H48N15O24P4+. The Bertz CT molecular complexity index is 3510. The number of nitrogens with zero attached hydrogens (tertiary/aromatic N) is 10. The Morgan fingerprint density at radius 2 is 1.21 bits per heavy atom. The molecule has 6 aromatic rings. The smallest absolute Gasteiger partial charge is 0.387 e. The van der Waals surface area contributed by atoms with Crippen molar-refractivity contribution in [3.8, 4) is 0 Å². The highest BCUT2D eigenvalue weighted by molar-refractivity contribution is 7.66. The largest absolute Gasteiger partial charge is 0.490 e. The number of anilines is 3. The Morgan fingerprint density at radius 3 is 1.86 bits per heavy atom. The summed E-state index contributed by atoms with van der Waals surface area (Å²) >= 11 is 0. The number of nitrogens with two attached hydrogens (primary N) is 3. The molecule has 0 aliphatic carbocycles. The molecule has 0 aromatic carbocycles. The van der Waals surface area contributed by atoms with E-state index in [4.69, 9.17) is 63.7 Å². The first kappa shape index (κ1) is 56.6. The highest BCUT2D eigenvalue weighted by Crippen LogP contribution is 2.68. The lowest BCUT2D eigenvalue weighted by Crippen LogP contribution is -2.47. The number of ether oxygens (including phenoxy) is 6. The Labute approximate surface area is 428 Å². The number of nitrogen functional groups attached to an aromatic ring is 3. The molecule has 0 saturated carbocycles. The van der Waals surface area contributed by atoms with Crippen molar-refractivity contribution in [3.05, 3.63) is 46.0 Å². The minimum atomic E-state index is -6.16. The normalized spacial score (nSPS) is 30.0. The third kappa shape index (κ3) is 11.4. The number of H-pyrrole nitrogens is 2. The summed E-state index contributed by atoms with van der Waals surface area (Å²) in [5.41, 5.74) is 15.9. The van der Waals surface area contributed by atoms with Crippen LogP contribution in [0.5, 0.6) is 0 Å². The SMILES string of the molecule is COC1[C@@H](COP(=O)(O)OP(=O)(O)OP(=O)(O)OC[C@H]2O[C@@H](n3cnc4c(N)ncnc43)[C@@H](OC)C2OP(=O)(O)OC[C@H]2O[C@@H](n3cnc4c(=O)[nH]c(N)nc43)C(O)[C@H]2O)O[C@@H]([n+]2cn(C)c3c(=O)[nH]c(N)nc32)[C@H]1OC. The van der Waals surface area contributed by atoms with Crippen LogP contribution in [-0.2, 0) is 80.4 Å². The summed E-state index contributed by atoms with van der Waals surface area (Å²) in [5, 5.41) is 21.8. The second-order valence-corrected chi connectivity index (χ2v) is 22.9. The number of phosphoric acid groups is 4. The van der Waals surface area contributed by atoms with E-state index in [1.54, 1.807) is 0 Å². The molecule has 16 atom stereocenters. The van der Waals surface area contributed by atoms with Crippen LogP contribution in [-0.4, -0.2) is 179 Å². The van der Waals surface area contributed by atoms with Gasteiger partial charge in [0.25, 0.3) is 17.1 Å². The second kappa shape index (κ2) is 21.5. The van der Waals surface area contributed by atoms with E-state index in [-0.39, 0.29) is 51.2 Å². The van der Waals surface area contributed by atoms with Gasteiger partial charge in [0.2, 0.25) is 17.7 Å². The predicted octanol–water partition coefficient (Wildman–Crippen LogP) is -3.40. The molecular weight excluding hydrogens is 1130 g/mol. The number of aryl methyl sites for hydroxylation is 1. The maximum atomic E-state index is 13.7. The summed E-state index contributed by atoms with van der Waals surface area (Å²) in [6.45, 7) is -3.14. The second-order valence-electron chi connectivity index (χ2n) is 16.9. The maximum Gasteiger partial charge on any atom is 0.490 e. The Kier molecular flexibility index (Phi) is 15.8. The van der Waals surface area contributed by atoms with Gasteiger partial charge in [0.05, 0.1) is 39.5 Å². The average molecular weight is 1170 g/mol. The number of aromatic nitrogens is 12. The lowest BCUT2D eigenvalue weighted by Gasteiger charge is -2.26. The standard InChI is InChI=1S/C34H47N15O24P4/c1-46-11-49(27-17(46)29(53)45-34(37)43-27)32-22(63-3)20(62-2)13(69-32)6-66-75(56,57)72-77(60,61)73-76(58,59)67-7-14-21(23(64-4)31(70-14)47-9-40-15-24(35)38-8-39-25(15)47)71-74(54,55)65-5-12-18(50)19(51)30(68-12)48-10-41-16-26(48)42-33(36)44-28(16)52/h8-14,18-23,30-32,50-51H,5-7H2,1-4H3,(H11-,35,36,37,38,39,42,43,44,45,52,53,54,55,56,57,58,59,60,61)/p+1/t12-,13-,14-,18+,19?,20?,21?,22+,23+,30-,31-,32-/m1/s1. The molecule has 0 radical (unpaired) electrons. The summed E-state index contributed by atoms with van der Waals surface area (Å²) in [6, 6.07) is 0. The van der Waals surface area contributed by atoms with Crippen LogP contribution < -0.4 is 32.9 Å². The van der Waals surface area contributed by atoms with Gasteiger partial charge in [0.1, 0.15) is 66.8 Å². The van der Waals surface area contributed by atoms with Gasteiger partial charge in [-0.1, -0.05) is 4.98 Å². The summed E-state index contributed by atoms with van der Waals surface area (Å²) < 4.78 is 122. The third-order valence-electron chi connectivity index (χ3n) is 12.0. The van der Waals surface area contributed by atoms with Gasteiger partial charge in [-0.25, -0.2) is 42.8 Å². The molecule has 0 bridgehead atoms. The molecule has 7 unspecified atom stereocenters. The van der Waals surface area contributed by atoms with E-state index < -0.39 is 136 Å². The van der Waals surface area contributed by atoms with Crippen molar-refractivity contribution >= 4 is 82.5 Å². The van der Waals surface area contributed by atoms with Gasteiger partial charge in [-0.2, -0.15) is 13.6 Å². The van der Waals surface area contributed by atoms with E-state index in [0.29, 0.717) is 0 Å². The first-order chi connectivity index (χ1) is 36.2. The zero-order valence-corrected chi connectivity index (χ0v) is 43.5. The van der Waals surface area contributed by atoms with Crippen molar-refractivity contribution in [3.63, 3.8) is 0 Å². The number of hydrogen-bond acceptors (Lipinski definition) is 29. The average Bonchev–Trinajstić information content (AvgIpc) is 4.24. The molecule has 77 heavy (non-hydrogen) atoms. The van der Waals surface area contributed by atoms with Crippen molar-refractivity contribution in [2.24, 2.45) is 7.05 Å². The first-order valence-corrected chi connectivity index (χ1v) is 27.9. The summed E-state index contributed by atoms with van der Waals surface area (Å²) in [4.78, 5) is 96.6. The van der Waals surface area contributed by atoms with Crippen LogP contribution in [0, 0.1) is 0 Å². The number of methoxy groups -OCH3 is 3. The van der Waals surface area contributed by atoms with E-state index in [1.807, 2.05) is 0 Å². The number of phosphoric ester groups is 3. The summed E-state index contributed by atoms with van der Waals surface area (Å²) in [6.07, 6.45) is -13.2. The van der Waals surface area contributed by atoms with Crippen LogP contribution in [0.2, 0.25) is 0 Å². The van der Waals surface area contributed by atoms with Crippen molar-refractivity contribution in [2.45, 2.75) is 73.6 Å². The molecule has 0 amide bonds. The number of fused-ring (bicyclic) bond motifs is 3.